The van der Waals surface area contributed by atoms with Crippen molar-refractivity contribution in [2.24, 2.45) is 0 Å². The average molecular weight is 528 g/mol. The molecule has 0 bridgehead atoms. The van der Waals surface area contributed by atoms with E-state index in [9.17, 15) is 4.79 Å². The van der Waals surface area contributed by atoms with Crippen molar-refractivity contribution in [3.05, 3.63) is 99.2 Å². The van der Waals surface area contributed by atoms with Gasteiger partial charge in [-0.1, -0.05) is 59.8 Å². The van der Waals surface area contributed by atoms with E-state index in [0.717, 1.165) is 32.8 Å². The highest BCUT2D eigenvalue weighted by Crippen LogP contribution is 2.26. The monoisotopic (exact) mass is 526 g/mol. The largest absolute Gasteiger partial charge is 0.324 e. The van der Waals surface area contributed by atoms with E-state index in [1.165, 1.54) is 11.8 Å². The number of halogens is 2. The number of nitrogens with one attached hydrogen (secondary N) is 1. The molecule has 0 aliphatic rings. The molecule has 0 atom stereocenters. The Bertz CT molecular complexity index is 1230. The van der Waals surface area contributed by atoms with Crippen LogP contribution in [0.4, 0.5) is 5.69 Å². The first kappa shape index (κ1) is 22.6. The number of benzene rings is 3. The number of nitrogens with zero attached hydrogens (tertiary/aromatic N) is 3. The average Bonchev–Trinajstić information content (AvgIpc) is 3.18. The number of hydrogen-bond donors (Lipinski definition) is 1. The molecule has 1 heterocycles. The predicted octanol–water partition coefficient (Wildman–Crippen LogP) is 6.31. The standard InChI is InChI=1S/C24H20BrClN4OS/c1-16-7-12-21(20(25)13-16)27-23(31)15-32-24-29-28-22(14-17-5-3-2-4-6-17)30(24)19-10-8-18(26)9-11-19/h2-13H,14-15H2,1H3,(H,27,31). The number of rotatable bonds is 7. The lowest BCUT2D eigenvalue weighted by Crippen LogP contribution is -2.15. The van der Waals surface area contributed by atoms with Gasteiger partial charge in [0.05, 0.1) is 11.4 Å². The van der Waals surface area contributed by atoms with Crippen molar-refractivity contribution in [3.63, 3.8) is 0 Å². The van der Waals surface area contributed by atoms with E-state index in [2.05, 4.69) is 43.6 Å². The summed E-state index contributed by atoms with van der Waals surface area (Å²) >= 11 is 10.9. The lowest BCUT2D eigenvalue weighted by molar-refractivity contribution is -0.113. The van der Waals surface area contributed by atoms with Crippen LogP contribution in [0.25, 0.3) is 5.69 Å². The first-order valence-corrected chi connectivity index (χ1v) is 12.1. The highest BCUT2D eigenvalue weighted by molar-refractivity contribution is 9.10. The molecule has 0 saturated heterocycles. The van der Waals surface area contributed by atoms with Crippen LogP contribution in [-0.4, -0.2) is 26.4 Å². The highest BCUT2D eigenvalue weighted by Gasteiger charge is 2.17. The molecular formula is C24H20BrClN4OS. The molecule has 1 amide bonds. The van der Waals surface area contributed by atoms with Gasteiger partial charge in [0.2, 0.25) is 5.91 Å². The number of aryl methyl sites for hydroxylation is 1. The fraction of sp³-hybridized carbons (Fsp3) is 0.125. The molecule has 8 heteroatoms. The molecule has 4 rings (SSSR count). The Kier molecular flexibility index (Phi) is 7.29. The van der Waals surface area contributed by atoms with Gasteiger partial charge < -0.3 is 5.32 Å². The number of thioether (sulfide) groups is 1. The van der Waals surface area contributed by atoms with E-state index in [-0.39, 0.29) is 11.7 Å². The molecular weight excluding hydrogens is 508 g/mol. The number of carbonyl (C=O) groups excluding carboxylic acids is 1. The van der Waals surface area contributed by atoms with Gasteiger partial charge in [0.1, 0.15) is 5.82 Å². The van der Waals surface area contributed by atoms with Crippen molar-refractivity contribution in [1.82, 2.24) is 14.8 Å². The first-order valence-electron chi connectivity index (χ1n) is 9.92. The molecule has 5 nitrogen and oxygen atoms in total. The minimum atomic E-state index is -0.116. The molecule has 1 N–H and O–H groups in total. The van der Waals surface area contributed by atoms with E-state index in [0.29, 0.717) is 16.6 Å². The van der Waals surface area contributed by atoms with Gasteiger partial charge in [-0.05, 0) is 70.4 Å². The molecule has 1 aromatic heterocycles. The van der Waals surface area contributed by atoms with Gasteiger partial charge in [0.15, 0.2) is 5.16 Å². The number of amides is 1. The minimum absolute atomic E-state index is 0.116. The zero-order valence-electron chi connectivity index (χ0n) is 17.3. The van der Waals surface area contributed by atoms with Crippen LogP contribution in [0.5, 0.6) is 0 Å². The Balaban J connectivity index is 1.55. The summed E-state index contributed by atoms with van der Waals surface area (Å²) in [5, 5.41) is 13.0. The van der Waals surface area contributed by atoms with Gasteiger partial charge in [-0.2, -0.15) is 0 Å². The molecule has 0 aliphatic heterocycles. The number of carbonyl (C=O) groups is 1. The lowest BCUT2D eigenvalue weighted by atomic mass is 10.1. The predicted molar refractivity (Wildman–Crippen MR) is 134 cm³/mol. The molecule has 0 radical (unpaired) electrons. The third kappa shape index (κ3) is 5.59. The number of anilines is 1. The van der Waals surface area contributed by atoms with Crippen molar-refractivity contribution in [3.8, 4) is 5.69 Å². The Labute approximate surface area is 204 Å². The van der Waals surface area contributed by atoms with Crippen LogP contribution >= 0.6 is 39.3 Å². The Morgan fingerprint density at radius 2 is 1.81 bits per heavy atom. The Hall–Kier alpha value is -2.61. The summed E-state index contributed by atoms with van der Waals surface area (Å²) in [5.74, 6) is 0.884. The van der Waals surface area contributed by atoms with Crippen LogP contribution in [0.1, 0.15) is 17.0 Å². The van der Waals surface area contributed by atoms with Crippen LogP contribution in [0.15, 0.2) is 82.4 Å². The third-order valence-corrected chi connectivity index (χ3v) is 6.56. The molecule has 0 fully saturated rings. The second-order valence-electron chi connectivity index (χ2n) is 7.19. The topological polar surface area (TPSA) is 59.8 Å². The minimum Gasteiger partial charge on any atom is -0.324 e. The second kappa shape index (κ2) is 10.3. The smallest absolute Gasteiger partial charge is 0.234 e. The van der Waals surface area contributed by atoms with Crippen LogP contribution < -0.4 is 5.32 Å². The second-order valence-corrected chi connectivity index (χ2v) is 9.43. The summed E-state index contributed by atoms with van der Waals surface area (Å²) in [4.78, 5) is 12.6. The normalized spacial score (nSPS) is 10.8. The fourth-order valence-electron chi connectivity index (χ4n) is 3.17. The maximum absolute atomic E-state index is 12.6. The number of aromatic nitrogens is 3. The highest BCUT2D eigenvalue weighted by atomic mass is 79.9. The molecule has 3 aromatic carbocycles. The summed E-state index contributed by atoms with van der Waals surface area (Å²) in [7, 11) is 0. The Morgan fingerprint density at radius 3 is 2.53 bits per heavy atom. The lowest BCUT2D eigenvalue weighted by Gasteiger charge is -2.11. The van der Waals surface area contributed by atoms with Gasteiger partial charge in [-0.25, -0.2) is 0 Å². The van der Waals surface area contributed by atoms with Crippen LogP contribution in [0.3, 0.4) is 0 Å². The van der Waals surface area contributed by atoms with Crippen molar-refractivity contribution in [1.29, 1.82) is 0 Å². The summed E-state index contributed by atoms with van der Waals surface area (Å²) in [6, 6.07) is 23.4. The molecule has 162 valence electrons. The van der Waals surface area contributed by atoms with E-state index < -0.39 is 0 Å². The maximum atomic E-state index is 12.6. The fourth-order valence-corrected chi connectivity index (χ4v) is 4.66. The van der Waals surface area contributed by atoms with Gasteiger partial charge in [0.25, 0.3) is 0 Å². The quantitative estimate of drug-likeness (QED) is 0.286. The molecule has 0 aliphatic carbocycles. The van der Waals surface area contributed by atoms with E-state index in [1.54, 1.807) is 0 Å². The third-order valence-electron chi connectivity index (χ3n) is 4.72. The summed E-state index contributed by atoms with van der Waals surface area (Å²) in [6.45, 7) is 2.00. The van der Waals surface area contributed by atoms with Crippen LogP contribution in [0.2, 0.25) is 5.02 Å². The van der Waals surface area contributed by atoms with E-state index in [1.807, 2.05) is 72.2 Å². The zero-order chi connectivity index (χ0) is 22.5. The molecule has 0 spiro atoms. The van der Waals surface area contributed by atoms with Crippen LogP contribution in [0, 0.1) is 6.92 Å². The van der Waals surface area contributed by atoms with Gasteiger partial charge in [0, 0.05) is 21.6 Å². The summed E-state index contributed by atoms with van der Waals surface area (Å²) in [6.07, 6.45) is 0.625. The summed E-state index contributed by atoms with van der Waals surface area (Å²) in [5.41, 5.74) is 3.89. The van der Waals surface area contributed by atoms with E-state index in [4.69, 9.17) is 11.6 Å². The Morgan fingerprint density at radius 1 is 1.06 bits per heavy atom. The van der Waals surface area contributed by atoms with Gasteiger partial charge in [-0.3, -0.25) is 9.36 Å². The first-order chi connectivity index (χ1) is 15.5. The maximum Gasteiger partial charge on any atom is 0.234 e. The van der Waals surface area contributed by atoms with Crippen molar-refractivity contribution in [2.45, 2.75) is 18.5 Å². The molecule has 32 heavy (non-hydrogen) atoms. The van der Waals surface area contributed by atoms with E-state index >= 15 is 0 Å². The molecule has 0 saturated carbocycles. The van der Waals surface area contributed by atoms with Crippen molar-refractivity contribution >= 4 is 50.9 Å². The zero-order valence-corrected chi connectivity index (χ0v) is 20.4. The van der Waals surface area contributed by atoms with Crippen LogP contribution in [-0.2, 0) is 11.2 Å². The van der Waals surface area contributed by atoms with Gasteiger partial charge >= 0.3 is 0 Å². The molecule has 4 aromatic rings. The van der Waals surface area contributed by atoms with Gasteiger partial charge in [-0.15, -0.1) is 10.2 Å². The molecule has 0 unspecified atom stereocenters. The summed E-state index contributed by atoms with van der Waals surface area (Å²) < 4.78 is 2.83. The van der Waals surface area contributed by atoms with Crippen molar-refractivity contribution in [2.75, 3.05) is 11.1 Å². The SMILES string of the molecule is Cc1ccc(NC(=O)CSc2nnc(Cc3ccccc3)n2-c2ccc(Cl)cc2)c(Br)c1. The number of hydrogen-bond acceptors (Lipinski definition) is 4. The van der Waals surface area contributed by atoms with Crippen molar-refractivity contribution < 1.29 is 4.79 Å².